The van der Waals surface area contributed by atoms with E-state index in [1.807, 2.05) is 52.0 Å². The molecule has 0 fully saturated rings. The van der Waals surface area contributed by atoms with E-state index >= 15 is 0 Å². The normalized spacial score (nSPS) is 9.77. The van der Waals surface area contributed by atoms with Gasteiger partial charge in [0.1, 0.15) is 0 Å². The van der Waals surface area contributed by atoms with E-state index in [1.165, 1.54) is 0 Å². The quantitative estimate of drug-likeness (QED) is 0.478. The first-order valence-corrected chi connectivity index (χ1v) is 6.84. The van der Waals surface area contributed by atoms with Crippen LogP contribution in [0.5, 0.6) is 5.75 Å². The lowest BCUT2D eigenvalue weighted by atomic mass is 9.94. The number of aliphatic imine (C=N–C) groups is 1. The third kappa shape index (κ3) is 2.90. The second-order valence-electron chi connectivity index (χ2n) is 5.33. The fraction of sp³-hybridized carbons (Fsp3) is 0.222. The standard InChI is InChI=1S/C18H16N2O2/c1-11-5-13(3)17(20-10-21)15(7-11)16-8-12(2)6-14(4)18(16)22-9-19/h5-8H,1-4H3. The Hall–Kier alpha value is -2.89. The Labute approximate surface area is 129 Å². The van der Waals surface area contributed by atoms with Gasteiger partial charge in [0, 0.05) is 11.1 Å². The SMILES string of the molecule is Cc1cc(C)c(N=C=O)c(-c2cc(C)cc(C)c2OC#N)c1. The number of aryl methyl sites for hydroxylation is 4. The molecule has 2 aromatic rings. The summed E-state index contributed by atoms with van der Waals surface area (Å²) in [7, 11) is 0. The molecular formula is C18H16N2O2. The van der Waals surface area contributed by atoms with Gasteiger partial charge in [-0.05, 0) is 56.5 Å². The average Bonchev–Trinajstić information content (AvgIpc) is 2.44. The zero-order valence-electron chi connectivity index (χ0n) is 13.0. The summed E-state index contributed by atoms with van der Waals surface area (Å²) in [5.41, 5.74) is 5.88. The second kappa shape index (κ2) is 6.26. The Morgan fingerprint density at radius 1 is 0.955 bits per heavy atom. The predicted molar refractivity (Wildman–Crippen MR) is 84.8 cm³/mol. The van der Waals surface area contributed by atoms with Gasteiger partial charge in [-0.2, -0.15) is 4.99 Å². The third-order valence-electron chi connectivity index (χ3n) is 3.46. The highest BCUT2D eigenvalue weighted by Crippen LogP contribution is 2.41. The average molecular weight is 292 g/mol. The maximum Gasteiger partial charge on any atom is 0.292 e. The predicted octanol–water partition coefficient (Wildman–Crippen LogP) is 4.41. The Kier molecular flexibility index (Phi) is 4.41. The van der Waals surface area contributed by atoms with E-state index < -0.39 is 0 Å². The number of isocyanates is 1. The highest BCUT2D eigenvalue weighted by Gasteiger charge is 2.16. The molecule has 0 heterocycles. The van der Waals surface area contributed by atoms with Crippen LogP contribution in [0.15, 0.2) is 29.3 Å². The van der Waals surface area contributed by atoms with Crippen LogP contribution in [0.4, 0.5) is 5.69 Å². The largest absolute Gasteiger partial charge is 0.387 e. The Morgan fingerprint density at radius 2 is 1.55 bits per heavy atom. The van der Waals surface area contributed by atoms with Gasteiger partial charge in [0.25, 0.3) is 6.26 Å². The van der Waals surface area contributed by atoms with Gasteiger partial charge in [-0.3, -0.25) is 0 Å². The summed E-state index contributed by atoms with van der Waals surface area (Å²) in [5.74, 6) is 0.487. The van der Waals surface area contributed by atoms with Gasteiger partial charge >= 0.3 is 0 Å². The van der Waals surface area contributed by atoms with Crippen LogP contribution in [0, 0.1) is 39.2 Å². The first-order chi connectivity index (χ1) is 10.5. The number of nitriles is 1. The summed E-state index contributed by atoms with van der Waals surface area (Å²) in [6.45, 7) is 7.71. The summed E-state index contributed by atoms with van der Waals surface area (Å²) in [5, 5.41) is 8.91. The van der Waals surface area contributed by atoms with Crippen LogP contribution in [0.2, 0.25) is 0 Å². The number of hydrogen-bond donors (Lipinski definition) is 0. The molecule has 4 nitrogen and oxygen atoms in total. The van der Waals surface area contributed by atoms with Crippen molar-refractivity contribution >= 4 is 11.8 Å². The van der Waals surface area contributed by atoms with Crippen molar-refractivity contribution in [3.05, 3.63) is 46.5 Å². The molecule has 0 unspecified atom stereocenters. The molecule has 0 bridgehead atoms. The molecule has 0 atom stereocenters. The molecule has 0 aliphatic rings. The fourth-order valence-corrected chi connectivity index (χ4v) is 2.69. The molecule has 0 saturated heterocycles. The molecule has 0 amide bonds. The van der Waals surface area contributed by atoms with E-state index in [1.54, 1.807) is 12.3 Å². The van der Waals surface area contributed by atoms with Gasteiger partial charge in [0.2, 0.25) is 6.08 Å². The van der Waals surface area contributed by atoms with Crippen LogP contribution >= 0.6 is 0 Å². The zero-order valence-corrected chi connectivity index (χ0v) is 13.0. The van der Waals surface area contributed by atoms with Crippen molar-refractivity contribution in [3.63, 3.8) is 0 Å². The van der Waals surface area contributed by atoms with Crippen molar-refractivity contribution in [2.24, 2.45) is 4.99 Å². The third-order valence-corrected chi connectivity index (χ3v) is 3.46. The number of ether oxygens (including phenoxy) is 1. The van der Waals surface area contributed by atoms with Crippen LogP contribution in [0.1, 0.15) is 22.3 Å². The molecule has 0 N–H and O–H groups in total. The van der Waals surface area contributed by atoms with Crippen LogP contribution in [-0.2, 0) is 4.79 Å². The maximum atomic E-state index is 10.8. The van der Waals surface area contributed by atoms with Crippen molar-refractivity contribution in [3.8, 4) is 23.1 Å². The second-order valence-corrected chi connectivity index (χ2v) is 5.33. The van der Waals surface area contributed by atoms with Crippen molar-refractivity contribution in [2.45, 2.75) is 27.7 Å². The minimum absolute atomic E-state index is 0.487. The van der Waals surface area contributed by atoms with E-state index in [2.05, 4.69) is 4.99 Å². The van der Waals surface area contributed by atoms with Crippen LogP contribution < -0.4 is 4.74 Å². The Balaban J connectivity index is 2.87. The van der Waals surface area contributed by atoms with Gasteiger partial charge in [0.15, 0.2) is 5.75 Å². The molecule has 0 radical (unpaired) electrons. The molecular weight excluding hydrogens is 276 g/mol. The number of hydrogen-bond acceptors (Lipinski definition) is 4. The summed E-state index contributed by atoms with van der Waals surface area (Å²) in [6.07, 6.45) is 3.33. The Morgan fingerprint density at radius 3 is 2.14 bits per heavy atom. The van der Waals surface area contributed by atoms with E-state index in [0.717, 1.165) is 33.4 Å². The molecule has 0 aliphatic heterocycles. The van der Waals surface area contributed by atoms with Crippen molar-refractivity contribution in [1.29, 1.82) is 5.26 Å². The van der Waals surface area contributed by atoms with E-state index in [0.29, 0.717) is 11.4 Å². The van der Waals surface area contributed by atoms with Crippen LogP contribution in [0.3, 0.4) is 0 Å². The Bertz CT molecular complexity index is 826. The monoisotopic (exact) mass is 292 g/mol. The van der Waals surface area contributed by atoms with Crippen LogP contribution in [0.25, 0.3) is 11.1 Å². The minimum Gasteiger partial charge on any atom is -0.387 e. The maximum absolute atomic E-state index is 10.8. The first kappa shape index (κ1) is 15.5. The first-order valence-electron chi connectivity index (χ1n) is 6.84. The molecule has 22 heavy (non-hydrogen) atoms. The summed E-state index contributed by atoms with van der Waals surface area (Å²) in [6, 6.07) is 7.76. The van der Waals surface area contributed by atoms with E-state index in [-0.39, 0.29) is 0 Å². The molecule has 0 saturated carbocycles. The van der Waals surface area contributed by atoms with Gasteiger partial charge in [-0.1, -0.05) is 17.7 Å². The lowest BCUT2D eigenvalue weighted by molar-refractivity contribution is 0.505. The lowest BCUT2D eigenvalue weighted by Gasteiger charge is -2.15. The molecule has 0 aliphatic carbocycles. The number of carbonyl (C=O) groups excluding carboxylic acids is 1. The molecule has 0 aromatic heterocycles. The lowest BCUT2D eigenvalue weighted by Crippen LogP contribution is -1.94. The summed E-state index contributed by atoms with van der Waals surface area (Å²) < 4.78 is 5.16. The van der Waals surface area contributed by atoms with Crippen molar-refractivity contribution in [2.75, 3.05) is 0 Å². The number of rotatable bonds is 3. The molecule has 110 valence electrons. The summed E-state index contributed by atoms with van der Waals surface area (Å²) >= 11 is 0. The summed E-state index contributed by atoms with van der Waals surface area (Å²) in [4.78, 5) is 14.6. The van der Waals surface area contributed by atoms with Crippen molar-refractivity contribution in [1.82, 2.24) is 0 Å². The molecule has 4 heteroatoms. The van der Waals surface area contributed by atoms with Gasteiger partial charge < -0.3 is 4.74 Å². The highest BCUT2D eigenvalue weighted by molar-refractivity contribution is 5.84. The van der Waals surface area contributed by atoms with E-state index in [9.17, 15) is 4.79 Å². The highest BCUT2D eigenvalue weighted by atomic mass is 16.5. The van der Waals surface area contributed by atoms with Gasteiger partial charge in [-0.25, -0.2) is 4.79 Å². The molecule has 2 aromatic carbocycles. The van der Waals surface area contributed by atoms with Crippen LogP contribution in [-0.4, -0.2) is 6.08 Å². The van der Waals surface area contributed by atoms with E-state index in [4.69, 9.17) is 10.00 Å². The molecule has 0 spiro atoms. The van der Waals surface area contributed by atoms with Gasteiger partial charge in [0.05, 0.1) is 5.69 Å². The fourth-order valence-electron chi connectivity index (χ4n) is 2.69. The number of nitrogens with zero attached hydrogens (tertiary/aromatic N) is 2. The zero-order chi connectivity index (χ0) is 16.3. The molecule has 2 rings (SSSR count). The minimum atomic E-state index is 0.487. The topological polar surface area (TPSA) is 62.4 Å². The van der Waals surface area contributed by atoms with Gasteiger partial charge in [-0.15, -0.1) is 5.26 Å². The van der Waals surface area contributed by atoms with Crippen molar-refractivity contribution < 1.29 is 9.53 Å². The smallest absolute Gasteiger partial charge is 0.292 e. The number of benzene rings is 2.